The molecule has 0 fully saturated rings. The van der Waals surface area contributed by atoms with Gasteiger partial charge in [-0.3, -0.25) is 19.9 Å². The Labute approximate surface area is 115 Å². The van der Waals surface area contributed by atoms with Crippen LogP contribution in [0.1, 0.15) is 12.5 Å². The van der Waals surface area contributed by atoms with Crippen molar-refractivity contribution in [3.63, 3.8) is 0 Å². The molecule has 0 spiro atoms. The summed E-state index contributed by atoms with van der Waals surface area (Å²) in [7, 11) is 0. The van der Waals surface area contributed by atoms with E-state index in [0.29, 0.717) is 16.8 Å². The van der Waals surface area contributed by atoms with Crippen LogP contribution in [0.3, 0.4) is 0 Å². The van der Waals surface area contributed by atoms with Gasteiger partial charge >= 0.3 is 5.97 Å². The number of benzene rings is 1. The van der Waals surface area contributed by atoms with E-state index in [1.165, 1.54) is 6.92 Å². The number of nitro groups is 1. The summed E-state index contributed by atoms with van der Waals surface area (Å²) in [5.74, 6) is -0.484. The molecule has 0 N–H and O–H groups in total. The Morgan fingerprint density at radius 2 is 2.10 bits per heavy atom. The van der Waals surface area contributed by atoms with Crippen molar-refractivity contribution in [1.82, 2.24) is 4.98 Å². The predicted molar refractivity (Wildman–Crippen MR) is 71.8 cm³/mol. The van der Waals surface area contributed by atoms with Gasteiger partial charge in [0, 0.05) is 13.1 Å². The zero-order chi connectivity index (χ0) is 14.5. The minimum Gasteiger partial charge on any atom is -0.461 e. The van der Waals surface area contributed by atoms with Crippen LogP contribution in [0.4, 0.5) is 5.69 Å². The van der Waals surface area contributed by atoms with Gasteiger partial charge in [-0.25, -0.2) is 0 Å². The van der Waals surface area contributed by atoms with Gasteiger partial charge in [0.25, 0.3) is 5.69 Å². The monoisotopic (exact) mass is 272 g/mol. The second kappa shape index (κ2) is 5.92. The molecule has 20 heavy (non-hydrogen) atoms. The van der Waals surface area contributed by atoms with Gasteiger partial charge in [0.05, 0.1) is 21.7 Å². The van der Waals surface area contributed by atoms with E-state index in [4.69, 9.17) is 4.74 Å². The molecule has 0 amide bonds. The molecule has 102 valence electrons. The first-order valence-electron chi connectivity index (χ1n) is 5.90. The molecule has 0 bridgehead atoms. The van der Waals surface area contributed by atoms with Crippen molar-refractivity contribution < 1.29 is 14.5 Å². The average molecular weight is 272 g/mol. The van der Waals surface area contributed by atoms with Gasteiger partial charge < -0.3 is 4.74 Å². The van der Waals surface area contributed by atoms with E-state index in [1.807, 2.05) is 0 Å². The van der Waals surface area contributed by atoms with Crippen molar-refractivity contribution in [1.29, 1.82) is 0 Å². The maximum Gasteiger partial charge on any atom is 0.302 e. The van der Waals surface area contributed by atoms with Crippen LogP contribution in [0.2, 0.25) is 0 Å². The van der Waals surface area contributed by atoms with Crippen LogP contribution >= 0.6 is 0 Å². The van der Waals surface area contributed by atoms with Crippen LogP contribution in [0.15, 0.2) is 42.6 Å². The Kier molecular flexibility index (Phi) is 4.05. The van der Waals surface area contributed by atoms with Crippen LogP contribution in [-0.4, -0.2) is 15.9 Å². The normalized spacial score (nSPS) is 10.1. The smallest absolute Gasteiger partial charge is 0.302 e. The molecule has 6 nitrogen and oxygen atoms in total. The first kappa shape index (κ1) is 13.7. The van der Waals surface area contributed by atoms with Crippen LogP contribution in [-0.2, 0) is 16.1 Å². The number of hydrogen-bond donors (Lipinski definition) is 0. The molecule has 6 heteroatoms. The topological polar surface area (TPSA) is 82.3 Å². The highest BCUT2D eigenvalue weighted by molar-refractivity contribution is 5.73. The van der Waals surface area contributed by atoms with Crippen LogP contribution in [0.25, 0.3) is 11.3 Å². The van der Waals surface area contributed by atoms with E-state index in [0.717, 1.165) is 0 Å². The fourth-order valence-corrected chi connectivity index (χ4v) is 1.83. The Morgan fingerprint density at radius 1 is 1.30 bits per heavy atom. The third-order valence-corrected chi connectivity index (χ3v) is 2.67. The zero-order valence-corrected chi connectivity index (χ0v) is 10.8. The molecule has 0 aliphatic heterocycles. The molecule has 0 aliphatic rings. The molecule has 0 atom stereocenters. The first-order valence-corrected chi connectivity index (χ1v) is 5.90. The number of para-hydroxylation sites is 1. The van der Waals surface area contributed by atoms with Gasteiger partial charge in [-0.2, -0.15) is 0 Å². The lowest BCUT2D eigenvalue weighted by atomic mass is 10.0. The fourth-order valence-electron chi connectivity index (χ4n) is 1.83. The molecule has 1 aromatic heterocycles. The Morgan fingerprint density at radius 3 is 2.70 bits per heavy atom. The molecule has 0 saturated carbocycles. The van der Waals surface area contributed by atoms with Gasteiger partial charge in [-0.05, 0) is 24.3 Å². The third-order valence-electron chi connectivity index (χ3n) is 2.67. The van der Waals surface area contributed by atoms with Gasteiger partial charge in [0.15, 0.2) is 0 Å². The number of nitro benzene ring substituents is 1. The van der Waals surface area contributed by atoms with E-state index in [2.05, 4.69) is 4.98 Å². The van der Waals surface area contributed by atoms with Crippen LogP contribution in [0.5, 0.6) is 0 Å². The molecule has 2 rings (SSSR count). The van der Waals surface area contributed by atoms with Crippen LogP contribution in [0, 0.1) is 10.1 Å². The number of nitrogens with zero attached hydrogens (tertiary/aromatic N) is 2. The van der Waals surface area contributed by atoms with Gasteiger partial charge in [-0.15, -0.1) is 0 Å². The number of ether oxygens (including phenoxy) is 1. The van der Waals surface area contributed by atoms with Crippen molar-refractivity contribution in [2.24, 2.45) is 0 Å². The SMILES string of the molecule is CC(=O)OCc1cccc(-c2ccccn2)c1[N+](=O)[O-]. The summed E-state index contributed by atoms with van der Waals surface area (Å²) >= 11 is 0. The number of carbonyl (C=O) groups excluding carboxylic acids is 1. The standard InChI is InChI=1S/C14H12N2O4/c1-10(17)20-9-11-5-4-6-12(14(11)16(18)19)13-7-2-3-8-15-13/h2-8H,9H2,1H3. The summed E-state index contributed by atoms with van der Waals surface area (Å²) in [4.78, 5) is 25.8. The predicted octanol–water partition coefficient (Wildman–Crippen LogP) is 2.72. The summed E-state index contributed by atoms with van der Waals surface area (Å²) in [5, 5.41) is 11.3. The van der Waals surface area contributed by atoms with E-state index in [9.17, 15) is 14.9 Å². The summed E-state index contributed by atoms with van der Waals surface area (Å²) in [6.07, 6.45) is 1.57. The first-order chi connectivity index (χ1) is 9.59. The van der Waals surface area contributed by atoms with Crippen molar-refractivity contribution in [2.45, 2.75) is 13.5 Å². The molecule has 2 aromatic rings. The lowest BCUT2D eigenvalue weighted by Gasteiger charge is -2.07. The zero-order valence-electron chi connectivity index (χ0n) is 10.8. The van der Waals surface area contributed by atoms with Gasteiger partial charge in [0.2, 0.25) is 0 Å². The quantitative estimate of drug-likeness (QED) is 0.485. The number of aromatic nitrogens is 1. The van der Waals surface area contributed by atoms with E-state index in [1.54, 1.807) is 42.6 Å². The maximum absolute atomic E-state index is 11.3. The maximum atomic E-state index is 11.3. The highest BCUT2D eigenvalue weighted by Gasteiger charge is 2.21. The molecular weight excluding hydrogens is 260 g/mol. The molecule has 1 heterocycles. The summed E-state index contributed by atoms with van der Waals surface area (Å²) < 4.78 is 4.85. The summed E-state index contributed by atoms with van der Waals surface area (Å²) in [5.41, 5.74) is 1.16. The molecule has 0 saturated heterocycles. The largest absolute Gasteiger partial charge is 0.461 e. The lowest BCUT2D eigenvalue weighted by molar-refractivity contribution is -0.385. The Hall–Kier alpha value is -2.76. The third kappa shape index (κ3) is 2.97. The number of rotatable bonds is 4. The minimum absolute atomic E-state index is 0.0903. The Bertz CT molecular complexity index is 641. The number of carbonyl (C=O) groups is 1. The van der Waals surface area contributed by atoms with Crippen molar-refractivity contribution in [3.8, 4) is 11.3 Å². The molecular formula is C14H12N2O4. The molecule has 0 radical (unpaired) electrons. The Balaban J connectivity index is 2.50. The number of hydrogen-bond acceptors (Lipinski definition) is 5. The summed E-state index contributed by atoms with van der Waals surface area (Å²) in [6.45, 7) is 1.13. The highest BCUT2D eigenvalue weighted by Crippen LogP contribution is 2.32. The molecule has 0 aliphatic carbocycles. The second-order valence-corrected chi connectivity index (χ2v) is 4.07. The van der Waals surface area contributed by atoms with Crippen molar-refractivity contribution >= 4 is 11.7 Å². The second-order valence-electron chi connectivity index (χ2n) is 4.07. The highest BCUT2D eigenvalue weighted by atomic mass is 16.6. The van der Waals surface area contributed by atoms with Gasteiger partial charge in [0.1, 0.15) is 6.61 Å². The van der Waals surface area contributed by atoms with E-state index in [-0.39, 0.29) is 12.3 Å². The molecule has 1 aromatic carbocycles. The number of esters is 1. The summed E-state index contributed by atoms with van der Waals surface area (Å²) in [6, 6.07) is 10.0. The average Bonchev–Trinajstić information content (AvgIpc) is 2.45. The number of pyridine rings is 1. The van der Waals surface area contributed by atoms with Gasteiger partial charge in [-0.1, -0.05) is 12.1 Å². The fraction of sp³-hybridized carbons (Fsp3) is 0.143. The molecule has 0 unspecified atom stereocenters. The minimum atomic E-state index is -0.484. The lowest BCUT2D eigenvalue weighted by Crippen LogP contribution is -2.03. The van der Waals surface area contributed by atoms with E-state index >= 15 is 0 Å². The van der Waals surface area contributed by atoms with Crippen molar-refractivity contribution in [2.75, 3.05) is 0 Å². The van der Waals surface area contributed by atoms with E-state index < -0.39 is 10.9 Å². The van der Waals surface area contributed by atoms with Crippen LogP contribution < -0.4 is 0 Å². The van der Waals surface area contributed by atoms with Crippen molar-refractivity contribution in [3.05, 3.63) is 58.3 Å².